The number of amides is 2. The van der Waals surface area contributed by atoms with Gasteiger partial charge in [-0.3, -0.25) is 9.59 Å². The van der Waals surface area contributed by atoms with Crippen LogP contribution >= 0.6 is 0 Å². The summed E-state index contributed by atoms with van der Waals surface area (Å²) in [6, 6.07) is 65.0. The Morgan fingerprint density at radius 3 is 0.991 bits per heavy atom. The molecule has 0 saturated heterocycles. The Morgan fingerprint density at radius 2 is 0.654 bits per heavy atom. The van der Waals surface area contributed by atoms with Gasteiger partial charge in [0.15, 0.2) is 0 Å². The first kappa shape index (κ1) is 71.9. The Bertz CT molecular complexity index is 4670. The fraction of sp³-hybridized carbons (Fsp3) is 0.326. The van der Waals surface area contributed by atoms with Gasteiger partial charge in [-0.05, 0) is 195 Å². The molecule has 4 N–H and O–H groups in total. The van der Waals surface area contributed by atoms with Crippen LogP contribution in [0, 0.1) is 27.7 Å². The van der Waals surface area contributed by atoms with Gasteiger partial charge in [0, 0.05) is 123 Å². The van der Waals surface area contributed by atoms with Crippen molar-refractivity contribution in [3.8, 4) is 56.4 Å². The smallest absolute Gasteiger partial charge is 0.275 e. The monoisotopic (exact) mass is 1420 g/mol. The third-order valence-electron chi connectivity index (χ3n) is 23.3. The van der Waals surface area contributed by atoms with Gasteiger partial charge in [-0.25, -0.2) is 10.0 Å². The number of rotatable bonds is 28. The van der Waals surface area contributed by atoms with E-state index in [1.807, 2.05) is 48.8 Å². The fourth-order valence-corrected chi connectivity index (χ4v) is 18.0. The molecule has 15 rings (SSSR count). The van der Waals surface area contributed by atoms with Crippen LogP contribution in [-0.2, 0) is 16.5 Å². The molecule has 546 valence electrons. The van der Waals surface area contributed by atoms with E-state index in [4.69, 9.17) is 19.7 Å². The molecule has 0 radical (unpaired) electrons. The third-order valence-corrected chi connectivity index (χ3v) is 23.3. The summed E-state index contributed by atoms with van der Waals surface area (Å²) in [4.78, 5) is 30.4. The zero-order valence-corrected chi connectivity index (χ0v) is 64.1. The zero-order valence-electron chi connectivity index (χ0n) is 64.1. The summed E-state index contributed by atoms with van der Waals surface area (Å²) in [5.74, 6) is 2.41. The number of nitrogens with one attached hydrogen (secondary N) is 4. The maximum atomic E-state index is 15.2. The van der Waals surface area contributed by atoms with E-state index in [9.17, 15) is 0 Å². The second kappa shape index (κ2) is 30.3. The Labute approximate surface area is 633 Å². The molecule has 4 heterocycles. The van der Waals surface area contributed by atoms with Crippen LogP contribution in [-0.4, -0.2) is 60.4 Å². The maximum Gasteiger partial charge on any atom is 0.275 e. The number of ether oxygens (including phenoxy) is 2. The summed E-state index contributed by atoms with van der Waals surface area (Å²) in [6.45, 7) is 24.5. The minimum Gasteiger partial charge on any atom is -0.456 e. The van der Waals surface area contributed by atoms with Crippen LogP contribution in [0.5, 0.6) is 23.0 Å². The number of benzene rings is 10. The van der Waals surface area contributed by atoms with Crippen molar-refractivity contribution in [2.24, 2.45) is 10.2 Å². The molecule has 0 unspecified atom stereocenters. The number of carbonyl (C=O) groups excluding carboxylic acids is 2. The van der Waals surface area contributed by atoms with E-state index >= 15 is 9.59 Å². The highest BCUT2D eigenvalue weighted by atomic mass is 16.5. The van der Waals surface area contributed by atoms with Crippen LogP contribution in [0.4, 0.5) is 22.7 Å². The van der Waals surface area contributed by atoms with Crippen molar-refractivity contribution < 1.29 is 19.1 Å². The van der Waals surface area contributed by atoms with Gasteiger partial charge < -0.3 is 30.7 Å². The van der Waals surface area contributed by atoms with Crippen molar-refractivity contribution >= 4 is 47.0 Å². The van der Waals surface area contributed by atoms with E-state index < -0.39 is 11.1 Å². The summed E-state index contributed by atoms with van der Waals surface area (Å²) >= 11 is 0. The van der Waals surface area contributed by atoms with E-state index in [0.29, 0.717) is 34.1 Å². The van der Waals surface area contributed by atoms with Crippen molar-refractivity contribution in [1.29, 1.82) is 0 Å². The normalized spacial score (nSPS) is 14.9. The van der Waals surface area contributed by atoms with E-state index in [-0.39, 0.29) is 17.2 Å². The second-order valence-electron chi connectivity index (χ2n) is 30.1. The van der Waals surface area contributed by atoms with E-state index in [2.05, 4.69) is 236 Å². The highest BCUT2D eigenvalue weighted by molar-refractivity contribution is 6.04. The molecule has 10 aromatic rings. The lowest BCUT2D eigenvalue weighted by Crippen LogP contribution is -2.44. The Balaban J connectivity index is 0.770. The molecule has 12 nitrogen and oxygen atoms in total. The van der Waals surface area contributed by atoms with Gasteiger partial charge in [-0.1, -0.05) is 200 Å². The molecule has 0 atom stereocenters. The summed E-state index contributed by atoms with van der Waals surface area (Å²) in [7, 11) is 0. The average Bonchev–Trinajstić information content (AvgIpc) is 1.58. The third kappa shape index (κ3) is 12.5. The summed E-state index contributed by atoms with van der Waals surface area (Å²) in [6.07, 6.45) is 20.6. The van der Waals surface area contributed by atoms with Crippen LogP contribution in [0.2, 0.25) is 0 Å². The van der Waals surface area contributed by atoms with Crippen LogP contribution in [0.3, 0.4) is 0 Å². The quantitative estimate of drug-likeness (QED) is 0.0282. The lowest BCUT2D eigenvalue weighted by Gasteiger charge is -2.42. The van der Waals surface area contributed by atoms with Crippen LogP contribution in [0.25, 0.3) is 33.4 Å². The van der Waals surface area contributed by atoms with E-state index in [1.54, 1.807) is 10.0 Å². The number of hydrogen-bond donors (Lipinski definition) is 4. The highest BCUT2D eigenvalue weighted by Crippen LogP contribution is 2.62. The van der Waals surface area contributed by atoms with Crippen molar-refractivity contribution in [3.05, 3.63) is 271 Å². The Morgan fingerprint density at radius 1 is 0.336 bits per heavy atom. The molecule has 0 fully saturated rings. The number of hydrogen-bond acceptors (Lipinski definition) is 10. The fourth-order valence-electron chi connectivity index (χ4n) is 18.0. The van der Waals surface area contributed by atoms with Gasteiger partial charge in [-0.2, -0.15) is 10.2 Å². The Hall–Kier alpha value is -10.7. The molecule has 0 aromatic heterocycles. The predicted molar refractivity (Wildman–Crippen MR) is 441 cm³/mol. The lowest BCUT2D eigenvalue weighted by atomic mass is 9.70. The molecule has 2 spiro atoms. The maximum absolute atomic E-state index is 15.2. The second-order valence-corrected chi connectivity index (χ2v) is 30.1. The van der Waals surface area contributed by atoms with Gasteiger partial charge in [0.2, 0.25) is 0 Å². The van der Waals surface area contributed by atoms with Crippen molar-refractivity contribution in [2.75, 3.05) is 47.4 Å². The number of carbonyl (C=O) groups is 2. The number of hydrazone groups is 2. The number of unbranched alkanes of at least 4 members (excludes halogenated alkanes) is 10. The average molecular weight is 1420 g/mol. The highest BCUT2D eigenvalue weighted by Gasteiger charge is 2.59. The molecule has 5 aliphatic rings. The topological polar surface area (TPSA) is 132 Å². The molecule has 12 heteroatoms. The molecular weight excluding hydrogens is 1320 g/mol. The van der Waals surface area contributed by atoms with Gasteiger partial charge >= 0.3 is 0 Å². The first-order chi connectivity index (χ1) is 52.2. The van der Waals surface area contributed by atoms with Crippen LogP contribution < -0.4 is 30.7 Å². The van der Waals surface area contributed by atoms with Gasteiger partial charge in [0.1, 0.15) is 34.1 Å². The number of aryl methyl sites for hydroxylation is 4. The summed E-state index contributed by atoms with van der Waals surface area (Å²) in [5, 5.41) is 28.2. The first-order valence-corrected chi connectivity index (χ1v) is 39.6. The SMILES string of the molecule is CCCCCCCCC1(CCCCCCCC)c2cc(-c3ccc(/C=N/N4C(=O)c5ccccc5C45c4cc(C)c(NCC)cc4Oc4cc(NCC)c(C)cc45)cc3)ccc2-c2ccc(-c3ccc(/C=N/N4C(=O)c5ccccc5C45c4cc(C)c(NCC)cc4Oc4cc(NCC)c(C)cc45)cc3)cc21. The van der Waals surface area contributed by atoms with Gasteiger partial charge in [0.25, 0.3) is 11.8 Å². The first-order valence-electron chi connectivity index (χ1n) is 39.6. The van der Waals surface area contributed by atoms with Crippen molar-refractivity contribution in [2.45, 2.75) is 176 Å². The number of anilines is 4. The molecule has 0 saturated carbocycles. The Kier molecular flexibility index (Phi) is 20.3. The largest absolute Gasteiger partial charge is 0.456 e. The van der Waals surface area contributed by atoms with E-state index in [0.717, 1.165) is 153 Å². The minimum atomic E-state index is -1.11. The number of nitrogens with zero attached hydrogens (tertiary/aromatic N) is 4. The van der Waals surface area contributed by atoms with Gasteiger partial charge in [-0.15, -0.1) is 0 Å². The van der Waals surface area contributed by atoms with Gasteiger partial charge in [0.05, 0.1) is 12.4 Å². The molecule has 10 aromatic carbocycles. The molecule has 0 bridgehead atoms. The van der Waals surface area contributed by atoms with Crippen molar-refractivity contribution in [1.82, 2.24) is 10.0 Å². The summed E-state index contributed by atoms with van der Waals surface area (Å²) in [5.41, 5.74) is 24.1. The van der Waals surface area contributed by atoms with E-state index in [1.165, 1.54) is 97.6 Å². The molecular formula is C95H102N8O4. The zero-order chi connectivity index (χ0) is 74.1. The minimum absolute atomic E-state index is 0.166. The summed E-state index contributed by atoms with van der Waals surface area (Å²) < 4.78 is 13.8. The standard InChI is InChI=1S/C95H102N8O4/c1-11-17-19-21-23-29-47-93(48-30-24-22-20-18-12-2)77-53-69(67-39-35-65(36-40-67)59-100-102-91(104)73-31-25-27-33-75(73)94(102)79-49-61(7)83(96-13-3)55-87(79)106-88-56-84(97-14-4)62(8)50-80(88)94)43-45-71(77)72-46-44-70(54-78(72)93)68-41-37-66(38-42-68)60-101-103-92(105)74-32-26-28-34-76(74)95(103)81-51-63(9)85(98-15-5)57-89(81)107-90-58-86(99-16-6)64(10)52-82(90)95/h25-28,31-46,49-60,96-99H,11-24,29-30,47-48H2,1-10H3/b100-59+,101-60+. The number of fused-ring (bicyclic) bond motifs is 15. The molecule has 107 heavy (non-hydrogen) atoms. The molecule has 1 aliphatic carbocycles. The van der Waals surface area contributed by atoms with Crippen LogP contribution in [0.15, 0.2) is 192 Å². The lowest BCUT2D eigenvalue weighted by molar-refractivity contribution is 0.0667. The van der Waals surface area contributed by atoms with Crippen LogP contribution in [0.1, 0.15) is 230 Å². The molecule has 2 amide bonds. The van der Waals surface area contributed by atoms with Crippen molar-refractivity contribution in [3.63, 3.8) is 0 Å². The predicted octanol–water partition coefficient (Wildman–Crippen LogP) is 23.5. The molecule has 4 aliphatic heterocycles.